The number of ether oxygens (including phenoxy) is 1. The molecule has 0 bridgehead atoms. The summed E-state index contributed by atoms with van der Waals surface area (Å²) in [6.45, 7) is 4.61. The minimum atomic E-state index is -0.444. The van der Waals surface area contributed by atoms with Crippen molar-refractivity contribution in [2.75, 3.05) is 0 Å². The Hall–Kier alpha value is -1.38. The number of rotatable bonds is 3. The third kappa shape index (κ3) is 4.77. The van der Waals surface area contributed by atoms with Crippen molar-refractivity contribution < 1.29 is 14.3 Å². The number of allylic oxidation sites excluding steroid dienone is 2. The number of hydrogen-bond acceptors (Lipinski definition) is 3. The van der Waals surface area contributed by atoms with Crippen LogP contribution in [0.2, 0.25) is 0 Å². The SMILES string of the molecule is C=C(/C=C/C=O)OC(C)=O. The minimum absolute atomic E-state index is 0.166. The highest BCUT2D eigenvalue weighted by molar-refractivity contribution is 5.69. The van der Waals surface area contributed by atoms with Crippen molar-refractivity contribution in [3.8, 4) is 0 Å². The summed E-state index contributed by atoms with van der Waals surface area (Å²) in [4.78, 5) is 19.9. The molecule has 0 aliphatic heterocycles. The van der Waals surface area contributed by atoms with E-state index < -0.39 is 5.97 Å². The summed E-state index contributed by atoms with van der Waals surface area (Å²) in [6.07, 6.45) is 3.09. The van der Waals surface area contributed by atoms with Crippen LogP contribution in [0, 0.1) is 0 Å². The molecule has 0 rings (SSSR count). The Morgan fingerprint density at radius 3 is 2.60 bits per heavy atom. The van der Waals surface area contributed by atoms with Crippen LogP contribution in [0.3, 0.4) is 0 Å². The fraction of sp³-hybridized carbons (Fsp3) is 0.143. The maximum Gasteiger partial charge on any atom is 0.308 e. The zero-order valence-corrected chi connectivity index (χ0v) is 5.66. The van der Waals surface area contributed by atoms with Crippen molar-refractivity contribution in [2.45, 2.75) is 6.92 Å². The van der Waals surface area contributed by atoms with Gasteiger partial charge in [-0.05, 0) is 12.2 Å². The first kappa shape index (κ1) is 8.62. The third-order valence-corrected chi connectivity index (χ3v) is 0.636. The molecule has 0 saturated heterocycles. The van der Waals surface area contributed by atoms with Gasteiger partial charge in [0.25, 0.3) is 0 Å². The van der Waals surface area contributed by atoms with Crippen LogP contribution in [-0.4, -0.2) is 12.3 Å². The number of esters is 1. The molecule has 0 spiro atoms. The zero-order valence-electron chi connectivity index (χ0n) is 5.66. The molecule has 0 amide bonds. The molecule has 3 heteroatoms. The standard InChI is InChI=1S/C7H8O3/c1-6(4-3-5-8)10-7(2)9/h3-5H,1H2,2H3/b4-3+. The minimum Gasteiger partial charge on any atom is -0.427 e. The quantitative estimate of drug-likeness (QED) is 0.191. The van der Waals surface area contributed by atoms with Crippen LogP contribution in [0.25, 0.3) is 0 Å². The average molecular weight is 140 g/mol. The Kier molecular flexibility index (Phi) is 3.87. The molecule has 0 aromatic carbocycles. The number of hydrogen-bond donors (Lipinski definition) is 0. The van der Waals surface area contributed by atoms with Crippen molar-refractivity contribution in [1.29, 1.82) is 0 Å². The highest BCUT2D eigenvalue weighted by Gasteiger charge is 1.91. The highest BCUT2D eigenvalue weighted by atomic mass is 16.5. The fourth-order valence-electron chi connectivity index (χ4n) is 0.365. The number of carbonyl (C=O) groups excluding carboxylic acids is 2. The Labute approximate surface area is 59.0 Å². The summed E-state index contributed by atoms with van der Waals surface area (Å²) < 4.78 is 4.47. The van der Waals surface area contributed by atoms with Crippen LogP contribution in [0.1, 0.15) is 6.92 Å². The topological polar surface area (TPSA) is 43.4 Å². The van der Waals surface area contributed by atoms with Crippen molar-refractivity contribution in [3.05, 3.63) is 24.5 Å². The van der Waals surface area contributed by atoms with E-state index in [1.165, 1.54) is 19.1 Å². The van der Waals surface area contributed by atoms with Gasteiger partial charge in [-0.3, -0.25) is 9.59 Å². The Bertz CT molecular complexity index is 179. The molecule has 0 atom stereocenters. The van der Waals surface area contributed by atoms with Gasteiger partial charge in [0.05, 0.1) is 0 Å². The summed E-state index contributed by atoms with van der Waals surface area (Å²) in [7, 11) is 0. The normalized spacial score (nSPS) is 9.30. The van der Waals surface area contributed by atoms with Crippen molar-refractivity contribution >= 4 is 12.3 Å². The second-order valence-electron chi connectivity index (χ2n) is 1.56. The number of aldehydes is 1. The van der Waals surface area contributed by atoms with Gasteiger partial charge >= 0.3 is 5.97 Å². The van der Waals surface area contributed by atoms with Gasteiger partial charge in [0.2, 0.25) is 0 Å². The van der Waals surface area contributed by atoms with Gasteiger partial charge in [-0.1, -0.05) is 6.58 Å². The van der Waals surface area contributed by atoms with Crippen LogP contribution < -0.4 is 0 Å². The van der Waals surface area contributed by atoms with Crippen molar-refractivity contribution in [2.24, 2.45) is 0 Å². The van der Waals surface area contributed by atoms with Gasteiger partial charge in [0.15, 0.2) is 0 Å². The van der Waals surface area contributed by atoms with E-state index >= 15 is 0 Å². The summed E-state index contributed by atoms with van der Waals surface area (Å²) in [5.41, 5.74) is 0. The zero-order chi connectivity index (χ0) is 7.98. The lowest BCUT2D eigenvalue weighted by atomic mass is 10.5. The van der Waals surface area contributed by atoms with Gasteiger partial charge < -0.3 is 4.74 Å². The lowest BCUT2D eigenvalue weighted by molar-refractivity contribution is -0.136. The maximum atomic E-state index is 10.2. The van der Waals surface area contributed by atoms with Gasteiger partial charge in [0, 0.05) is 6.92 Å². The molecule has 0 saturated carbocycles. The molecule has 0 fully saturated rings. The first-order valence-corrected chi connectivity index (χ1v) is 2.66. The van der Waals surface area contributed by atoms with E-state index in [2.05, 4.69) is 11.3 Å². The van der Waals surface area contributed by atoms with Gasteiger partial charge in [-0.15, -0.1) is 0 Å². The summed E-state index contributed by atoms with van der Waals surface area (Å²) >= 11 is 0. The molecule has 10 heavy (non-hydrogen) atoms. The predicted octanol–water partition coefficient (Wildman–Crippen LogP) is 0.818. The molecule has 0 aliphatic rings. The Morgan fingerprint density at radius 2 is 2.20 bits per heavy atom. The van der Waals surface area contributed by atoms with E-state index in [1.807, 2.05) is 0 Å². The van der Waals surface area contributed by atoms with E-state index in [9.17, 15) is 9.59 Å². The van der Waals surface area contributed by atoms with Crippen LogP contribution in [0.4, 0.5) is 0 Å². The van der Waals surface area contributed by atoms with E-state index in [0.29, 0.717) is 6.29 Å². The van der Waals surface area contributed by atoms with E-state index in [1.54, 1.807) is 0 Å². The maximum absolute atomic E-state index is 10.2. The average Bonchev–Trinajstić information content (AvgIpc) is 1.82. The lowest BCUT2D eigenvalue weighted by Gasteiger charge is -1.95. The molecule has 54 valence electrons. The van der Waals surface area contributed by atoms with Crippen LogP contribution in [0.15, 0.2) is 24.5 Å². The second-order valence-corrected chi connectivity index (χ2v) is 1.56. The molecule has 3 nitrogen and oxygen atoms in total. The fourth-order valence-corrected chi connectivity index (χ4v) is 0.365. The van der Waals surface area contributed by atoms with Gasteiger partial charge in [-0.2, -0.15) is 0 Å². The third-order valence-electron chi connectivity index (χ3n) is 0.636. The first-order valence-electron chi connectivity index (χ1n) is 2.66. The smallest absolute Gasteiger partial charge is 0.308 e. The lowest BCUT2D eigenvalue weighted by Crippen LogP contribution is -1.94. The van der Waals surface area contributed by atoms with Crippen LogP contribution in [0.5, 0.6) is 0 Å². The highest BCUT2D eigenvalue weighted by Crippen LogP contribution is 1.94. The molecule has 0 heterocycles. The van der Waals surface area contributed by atoms with E-state index in [4.69, 9.17) is 0 Å². The molecule has 0 unspecified atom stereocenters. The van der Waals surface area contributed by atoms with Crippen LogP contribution >= 0.6 is 0 Å². The first-order chi connectivity index (χ1) is 4.66. The van der Waals surface area contributed by atoms with Gasteiger partial charge in [-0.25, -0.2) is 0 Å². The molecule has 0 aromatic rings. The monoisotopic (exact) mass is 140 g/mol. The van der Waals surface area contributed by atoms with E-state index in [-0.39, 0.29) is 5.76 Å². The molecular formula is C7H8O3. The van der Waals surface area contributed by atoms with E-state index in [0.717, 1.165) is 0 Å². The molecule has 0 N–H and O–H groups in total. The Balaban J connectivity index is 3.75. The van der Waals surface area contributed by atoms with Crippen molar-refractivity contribution in [3.63, 3.8) is 0 Å². The second kappa shape index (κ2) is 4.49. The molecule has 0 aliphatic carbocycles. The Morgan fingerprint density at radius 1 is 1.60 bits per heavy atom. The molecule has 0 radical (unpaired) electrons. The molecular weight excluding hydrogens is 132 g/mol. The molecule has 0 aromatic heterocycles. The summed E-state index contributed by atoms with van der Waals surface area (Å²) in [6, 6.07) is 0. The van der Waals surface area contributed by atoms with Gasteiger partial charge in [0.1, 0.15) is 12.0 Å². The predicted molar refractivity (Wildman–Crippen MR) is 36.1 cm³/mol. The largest absolute Gasteiger partial charge is 0.427 e. The summed E-state index contributed by atoms with van der Waals surface area (Å²) in [5.74, 6) is -0.278. The van der Waals surface area contributed by atoms with Crippen LogP contribution in [-0.2, 0) is 14.3 Å². The number of carbonyl (C=O) groups is 2. The summed E-state index contributed by atoms with van der Waals surface area (Å²) in [5, 5.41) is 0. The van der Waals surface area contributed by atoms with Crippen molar-refractivity contribution in [1.82, 2.24) is 0 Å².